The zero-order chi connectivity index (χ0) is 12.1. The molecular weight excluding hydrogens is 208 g/mol. The third kappa shape index (κ3) is 2.96. The molecule has 3 N–H and O–H groups in total. The van der Waals surface area contributed by atoms with E-state index in [9.17, 15) is 4.79 Å². The quantitative estimate of drug-likeness (QED) is 0.723. The fourth-order valence-electron chi connectivity index (χ4n) is 1.30. The molecule has 6 nitrogen and oxygen atoms in total. The highest BCUT2D eigenvalue weighted by atomic mass is 16.5. The van der Waals surface area contributed by atoms with Crippen LogP contribution in [0.1, 0.15) is 19.0 Å². The van der Waals surface area contributed by atoms with Gasteiger partial charge in [0.15, 0.2) is 5.82 Å². The molecule has 0 saturated heterocycles. The van der Waals surface area contributed by atoms with E-state index in [1.54, 1.807) is 18.7 Å². The molecule has 0 aliphatic rings. The summed E-state index contributed by atoms with van der Waals surface area (Å²) in [5, 5.41) is 6.77. The molecule has 1 amide bonds. The third-order valence-corrected chi connectivity index (χ3v) is 2.11. The van der Waals surface area contributed by atoms with Crippen molar-refractivity contribution in [3.8, 4) is 0 Å². The van der Waals surface area contributed by atoms with Crippen molar-refractivity contribution in [2.75, 3.05) is 24.3 Å². The molecule has 0 atom stereocenters. The normalized spacial score (nSPS) is 10.4. The van der Waals surface area contributed by atoms with E-state index in [2.05, 4.69) is 10.4 Å². The Morgan fingerprint density at radius 2 is 2.31 bits per heavy atom. The van der Waals surface area contributed by atoms with Crippen LogP contribution >= 0.6 is 0 Å². The number of nitrogens with one attached hydrogen (secondary N) is 1. The smallest absolute Gasteiger partial charge is 0.251 e. The lowest BCUT2D eigenvalue weighted by Gasteiger charge is -2.06. The summed E-state index contributed by atoms with van der Waals surface area (Å²) in [7, 11) is 1.73. The maximum absolute atomic E-state index is 11.5. The monoisotopic (exact) mass is 226 g/mol. The second kappa shape index (κ2) is 5.50. The number of aryl methyl sites for hydroxylation is 2. The summed E-state index contributed by atoms with van der Waals surface area (Å²) in [6.07, 6.45) is 0.889. The number of aromatic nitrogens is 2. The van der Waals surface area contributed by atoms with E-state index in [0.29, 0.717) is 23.8 Å². The summed E-state index contributed by atoms with van der Waals surface area (Å²) in [5.41, 5.74) is 6.96. The van der Waals surface area contributed by atoms with E-state index in [4.69, 9.17) is 10.5 Å². The number of anilines is 2. The minimum absolute atomic E-state index is 0.0392. The first kappa shape index (κ1) is 12.5. The van der Waals surface area contributed by atoms with E-state index in [1.807, 2.05) is 6.92 Å². The highest BCUT2D eigenvalue weighted by Gasteiger charge is 2.12. The summed E-state index contributed by atoms with van der Waals surface area (Å²) in [6.45, 7) is 4.39. The minimum Gasteiger partial charge on any atom is -0.394 e. The number of rotatable bonds is 5. The summed E-state index contributed by atoms with van der Waals surface area (Å²) in [4.78, 5) is 11.5. The number of hydrogen-bond acceptors (Lipinski definition) is 4. The average Bonchev–Trinajstić information content (AvgIpc) is 2.46. The van der Waals surface area contributed by atoms with Crippen molar-refractivity contribution in [1.82, 2.24) is 9.78 Å². The predicted molar refractivity (Wildman–Crippen MR) is 62.1 cm³/mol. The molecule has 0 unspecified atom stereocenters. The van der Waals surface area contributed by atoms with Crippen molar-refractivity contribution in [1.29, 1.82) is 0 Å². The Bertz CT molecular complexity index is 373. The molecule has 1 aromatic rings. The minimum atomic E-state index is -0.219. The number of hydrogen-bond donors (Lipinski definition) is 2. The summed E-state index contributed by atoms with van der Waals surface area (Å²) < 4.78 is 6.66. The first-order chi connectivity index (χ1) is 7.56. The molecule has 0 aliphatic carbocycles. The van der Waals surface area contributed by atoms with Gasteiger partial charge in [0.25, 0.3) is 5.91 Å². The zero-order valence-corrected chi connectivity index (χ0v) is 9.91. The molecule has 0 aliphatic heterocycles. The molecule has 0 saturated carbocycles. The summed E-state index contributed by atoms with van der Waals surface area (Å²) in [6, 6.07) is 0. The lowest BCUT2D eigenvalue weighted by Crippen LogP contribution is -2.20. The molecule has 6 heteroatoms. The Balaban J connectivity index is 2.56. The Kier molecular flexibility index (Phi) is 4.30. The van der Waals surface area contributed by atoms with E-state index < -0.39 is 0 Å². The van der Waals surface area contributed by atoms with Crippen LogP contribution in [0.5, 0.6) is 0 Å². The van der Waals surface area contributed by atoms with Crippen molar-refractivity contribution >= 4 is 17.4 Å². The number of nitrogens with zero attached hydrogens (tertiary/aromatic N) is 2. The molecule has 0 radical (unpaired) electrons. The molecule has 0 aromatic carbocycles. The van der Waals surface area contributed by atoms with Crippen molar-refractivity contribution in [3.05, 3.63) is 5.69 Å². The molecule has 16 heavy (non-hydrogen) atoms. The van der Waals surface area contributed by atoms with Crippen LogP contribution in [0.25, 0.3) is 0 Å². The van der Waals surface area contributed by atoms with Gasteiger partial charge >= 0.3 is 0 Å². The van der Waals surface area contributed by atoms with Gasteiger partial charge in [0.1, 0.15) is 6.61 Å². The Morgan fingerprint density at radius 3 is 2.81 bits per heavy atom. The van der Waals surface area contributed by atoms with Crippen LogP contribution in [-0.2, 0) is 16.6 Å². The Labute approximate surface area is 94.8 Å². The molecule has 0 fully saturated rings. The number of carbonyl (C=O) groups is 1. The van der Waals surface area contributed by atoms with Crippen molar-refractivity contribution in [3.63, 3.8) is 0 Å². The number of nitrogen functional groups attached to an aromatic ring is 1. The maximum atomic E-state index is 11.5. The number of ether oxygens (including phenoxy) is 1. The topological polar surface area (TPSA) is 82.2 Å². The summed E-state index contributed by atoms with van der Waals surface area (Å²) >= 11 is 0. The SMILES string of the molecule is CCCOCC(=O)Nc1c(N)c(C)nn1C. The largest absolute Gasteiger partial charge is 0.394 e. The fraction of sp³-hybridized carbons (Fsp3) is 0.600. The first-order valence-electron chi connectivity index (χ1n) is 5.23. The zero-order valence-electron chi connectivity index (χ0n) is 9.91. The first-order valence-corrected chi connectivity index (χ1v) is 5.23. The van der Waals surface area contributed by atoms with Gasteiger partial charge in [-0.05, 0) is 13.3 Å². The van der Waals surface area contributed by atoms with Gasteiger partial charge in [0.2, 0.25) is 0 Å². The second-order valence-corrected chi connectivity index (χ2v) is 3.57. The van der Waals surface area contributed by atoms with Crippen LogP contribution < -0.4 is 11.1 Å². The van der Waals surface area contributed by atoms with Gasteiger partial charge in [-0.25, -0.2) is 0 Å². The van der Waals surface area contributed by atoms with Gasteiger partial charge in [-0.15, -0.1) is 0 Å². The highest BCUT2D eigenvalue weighted by Crippen LogP contribution is 2.20. The Morgan fingerprint density at radius 1 is 1.62 bits per heavy atom. The van der Waals surface area contributed by atoms with Gasteiger partial charge in [0.05, 0.1) is 11.4 Å². The van der Waals surface area contributed by atoms with Crippen molar-refractivity contribution in [2.45, 2.75) is 20.3 Å². The molecule has 0 spiro atoms. The van der Waals surface area contributed by atoms with Gasteiger partial charge in [-0.3, -0.25) is 9.48 Å². The standard InChI is InChI=1S/C10H18N4O2/c1-4-5-16-6-8(15)12-10-9(11)7(2)13-14(10)3/h4-6,11H2,1-3H3,(H,12,15). The number of nitrogens with two attached hydrogens (primary N) is 1. The maximum Gasteiger partial charge on any atom is 0.251 e. The van der Waals surface area contributed by atoms with Crippen LogP contribution in [0.2, 0.25) is 0 Å². The molecule has 90 valence electrons. The van der Waals surface area contributed by atoms with Gasteiger partial charge in [-0.1, -0.05) is 6.92 Å². The Hall–Kier alpha value is -1.56. The molecule has 0 bridgehead atoms. The molecule has 1 aromatic heterocycles. The van der Waals surface area contributed by atoms with Crippen LogP contribution in [0.4, 0.5) is 11.5 Å². The van der Waals surface area contributed by atoms with Gasteiger partial charge < -0.3 is 15.8 Å². The van der Waals surface area contributed by atoms with Gasteiger partial charge in [-0.2, -0.15) is 5.10 Å². The fourth-order valence-corrected chi connectivity index (χ4v) is 1.30. The van der Waals surface area contributed by atoms with E-state index in [0.717, 1.165) is 6.42 Å². The van der Waals surface area contributed by atoms with Gasteiger partial charge in [0, 0.05) is 13.7 Å². The highest BCUT2D eigenvalue weighted by molar-refractivity contribution is 5.93. The van der Waals surface area contributed by atoms with Crippen molar-refractivity contribution < 1.29 is 9.53 Å². The van der Waals surface area contributed by atoms with Crippen LogP contribution in [0, 0.1) is 6.92 Å². The van der Waals surface area contributed by atoms with E-state index >= 15 is 0 Å². The van der Waals surface area contributed by atoms with Crippen LogP contribution in [0.15, 0.2) is 0 Å². The summed E-state index contributed by atoms with van der Waals surface area (Å²) in [5.74, 6) is 0.297. The van der Waals surface area contributed by atoms with E-state index in [-0.39, 0.29) is 12.5 Å². The lowest BCUT2D eigenvalue weighted by molar-refractivity contribution is -0.120. The van der Waals surface area contributed by atoms with Crippen LogP contribution in [0.3, 0.4) is 0 Å². The molecule has 1 rings (SSSR count). The molecule has 1 heterocycles. The van der Waals surface area contributed by atoms with Crippen LogP contribution in [-0.4, -0.2) is 28.9 Å². The predicted octanol–water partition coefficient (Wildman–Crippen LogP) is 0.676. The van der Waals surface area contributed by atoms with Crippen molar-refractivity contribution in [2.24, 2.45) is 7.05 Å². The number of carbonyl (C=O) groups excluding carboxylic acids is 1. The van der Waals surface area contributed by atoms with E-state index in [1.165, 1.54) is 0 Å². The number of amides is 1. The molecular formula is C10H18N4O2. The third-order valence-electron chi connectivity index (χ3n) is 2.11. The average molecular weight is 226 g/mol. The lowest BCUT2D eigenvalue weighted by atomic mass is 10.4. The second-order valence-electron chi connectivity index (χ2n) is 3.57.